The molecular weight excluding hydrogens is 319 g/mol. The van der Waals surface area contributed by atoms with Gasteiger partial charge in [-0.1, -0.05) is 54.0 Å². The third-order valence-electron chi connectivity index (χ3n) is 3.37. The lowest BCUT2D eigenvalue weighted by atomic mass is 9.95. The highest BCUT2D eigenvalue weighted by atomic mass is 79.9. The standard InChI is InChI=1S/C16H18BrFN2/c1-10(2)11-3-5-12(6-4-11)16(20-19)14-9-13(17)7-8-15(14)18/h3-10,16,20H,19H2,1-2H3. The van der Waals surface area contributed by atoms with Crippen molar-refractivity contribution in [2.45, 2.75) is 25.8 Å². The Morgan fingerprint density at radius 1 is 1.05 bits per heavy atom. The number of nitrogens with two attached hydrogens (primary N) is 1. The van der Waals surface area contributed by atoms with E-state index in [1.165, 1.54) is 11.6 Å². The molecule has 3 N–H and O–H groups in total. The van der Waals surface area contributed by atoms with Crippen LogP contribution >= 0.6 is 15.9 Å². The van der Waals surface area contributed by atoms with Crippen LogP contribution in [0.4, 0.5) is 4.39 Å². The van der Waals surface area contributed by atoms with Crippen LogP contribution in [0.3, 0.4) is 0 Å². The fraction of sp³-hybridized carbons (Fsp3) is 0.250. The minimum Gasteiger partial charge on any atom is -0.271 e. The van der Waals surface area contributed by atoms with E-state index in [0.29, 0.717) is 11.5 Å². The maximum atomic E-state index is 14.0. The number of halogens is 2. The monoisotopic (exact) mass is 336 g/mol. The first-order chi connectivity index (χ1) is 9.52. The number of nitrogens with one attached hydrogen (secondary N) is 1. The van der Waals surface area contributed by atoms with Crippen LogP contribution in [0.25, 0.3) is 0 Å². The van der Waals surface area contributed by atoms with E-state index in [0.717, 1.165) is 10.0 Å². The molecule has 4 heteroatoms. The molecule has 0 aliphatic heterocycles. The summed E-state index contributed by atoms with van der Waals surface area (Å²) in [6.07, 6.45) is 0. The number of hydrazine groups is 1. The molecule has 0 amide bonds. The molecular formula is C16H18BrFN2. The molecule has 20 heavy (non-hydrogen) atoms. The number of benzene rings is 2. The van der Waals surface area contributed by atoms with Crippen LogP contribution in [0.15, 0.2) is 46.9 Å². The van der Waals surface area contributed by atoms with Gasteiger partial charge in [0.05, 0.1) is 6.04 Å². The van der Waals surface area contributed by atoms with Gasteiger partial charge in [-0.3, -0.25) is 5.84 Å². The van der Waals surface area contributed by atoms with Gasteiger partial charge < -0.3 is 0 Å². The van der Waals surface area contributed by atoms with Gasteiger partial charge in [-0.2, -0.15) is 0 Å². The molecule has 0 heterocycles. The quantitative estimate of drug-likeness (QED) is 0.646. The lowest BCUT2D eigenvalue weighted by Gasteiger charge is -2.18. The summed E-state index contributed by atoms with van der Waals surface area (Å²) in [7, 11) is 0. The van der Waals surface area contributed by atoms with Crippen molar-refractivity contribution in [3.05, 3.63) is 69.4 Å². The normalized spacial score (nSPS) is 12.7. The first-order valence-electron chi connectivity index (χ1n) is 6.54. The van der Waals surface area contributed by atoms with E-state index in [-0.39, 0.29) is 11.9 Å². The van der Waals surface area contributed by atoms with Crippen molar-refractivity contribution < 1.29 is 4.39 Å². The Kier molecular flexibility index (Phi) is 4.91. The first-order valence-corrected chi connectivity index (χ1v) is 7.33. The molecule has 0 aliphatic carbocycles. The Morgan fingerprint density at radius 3 is 2.20 bits per heavy atom. The van der Waals surface area contributed by atoms with E-state index in [9.17, 15) is 4.39 Å². The van der Waals surface area contributed by atoms with Crippen LogP contribution in [0.2, 0.25) is 0 Å². The van der Waals surface area contributed by atoms with E-state index in [1.54, 1.807) is 12.1 Å². The first kappa shape index (κ1) is 15.2. The maximum Gasteiger partial charge on any atom is 0.128 e. The second-order valence-electron chi connectivity index (χ2n) is 5.09. The predicted molar refractivity (Wildman–Crippen MR) is 83.8 cm³/mol. The largest absolute Gasteiger partial charge is 0.271 e. The summed E-state index contributed by atoms with van der Waals surface area (Å²) in [5.74, 6) is 5.82. The van der Waals surface area contributed by atoms with Gasteiger partial charge in [0, 0.05) is 10.0 Å². The molecule has 2 aromatic carbocycles. The molecule has 0 fully saturated rings. The average Bonchev–Trinajstić information content (AvgIpc) is 2.44. The van der Waals surface area contributed by atoms with Crippen molar-refractivity contribution in [3.8, 4) is 0 Å². The second kappa shape index (κ2) is 6.48. The highest BCUT2D eigenvalue weighted by molar-refractivity contribution is 9.10. The highest BCUT2D eigenvalue weighted by Gasteiger charge is 2.17. The van der Waals surface area contributed by atoms with Gasteiger partial charge in [0.1, 0.15) is 5.82 Å². The van der Waals surface area contributed by atoms with Crippen LogP contribution in [0.5, 0.6) is 0 Å². The summed E-state index contributed by atoms with van der Waals surface area (Å²) >= 11 is 3.36. The third-order valence-corrected chi connectivity index (χ3v) is 3.87. The molecule has 1 unspecified atom stereocenters. The summed E-state index contributed by atoms with van der Waals surface area (Å²) in [5.41, 5.74) is 5.41. The van der Waals surface area contributed by atoms with Crippen molar-refractivity contribution in [1.82, 2.24) is 5.43 Å². The second-order valence-corrected chi connectivity index (χ2v) is 6.00. The molecule has 0 aliphatic rings. The van der Waals surface area contributed by atoms with Gasteiger partial charge in [0.25, 0.3) is 0 Å². The van der Waals surface area contributed by atoms with Crippen molar-refractivity contribution >= 4 is 15.9 Å². The Balaban J connectivity index is 2.39. The van der Waals surface area contributed by atoms with E-state index in [2.05, 4.69) is 47.3 Å². The zero-order valence-electron chi connectivity index (χ0n) is 11.5. The van der Waals surface area contributed by atoms with Crippen LogP contribution in [0, 0.1) is 5.82 Å². The van der Waals surface area contributed by atoms with Crippen LogP contribution < -0.4 is 11.3 Å². The molecule has 2 aromatic rings. The zero-order valence-corrected chi connectivity index (χ0v) is 13.1. The van der Waals surface area contributed by atoms with Crippen molar-refractivity contribution in [1.29, 1.82) is 0 Å². The highest BCUT2D eigenvalue weighted by Crippen LogP contribution is 2.27. The Hall–Kier alpha value is -1.23. The molecule has 0 saturated heterocycles. The van der Waals surface area contributed by atoms with Gasteiger partial charge in [0.2, 0.25) is 0 Å². The Morgan fingerprint density at radius 2 is 1.65 bits per heavy atom. The van der Waals surface area contributed by atoms with Crippen molar-refractivity contribution in [3.63, 3.8) is 0 Å². The molecule has 1 atom stereocenters. The molecule has 0 saturated carbocycles. The number of rotatable bonds is 4. The van der Waals surface area contributed by atoms with Crippen LogP contribution in [-0.2, 0) is 0 Å². The zero-order chi connectivity index (χ0) is 14.7. The average molecular weight is 337 g/mol. The van der Waals surface area contributed by atoms with E-state index < -0.39 is 0 Å². The fourth-order valence-corrected chi connectivity index (χ4v) is 2.55. The number of hydrogen-bond donors (Lipinski definition) is 2. The fourth-order valence-electron chi connectivity index (χ4n) is 2.17. The van der Waals surface area contributed by atoms with Crippen molar-refractivity contribution in [2.24, 2.45) is 5.84 Å². The summed E-state index contributed by atoms with van der Waals surface area (Å²) in [6.45, 7) is 4.28. The molecule has 0 radical (unpaired) electrons. The Labute approximate surface area is 127 Å². The van der Waals surface area contributed by atoms with E-state index >= 15 is 0 Å². The Bertz CT molecular complexity index is 582. The molecule has 0 aromatic heterocycles. The number of hydrogen-bond acceptors (Lipinski definition) is 2. The molecule has 0 bridgehead atoms. The lowest BCUT2D eigenvalue weighted by Crippen LogP contribution is -2.29. The smallest absolute Gasteiger partial charge is 0.128 e. The predicted octanol–water partition coefficient (Wildman–Crippen LogP) is 4.26. The summed E-state index contributed by atoms with van der Waals surface area (Å²) in [5, 5.41) is 0. The van der Waals surface area contributed by atoms with E-state index in [1.807, 2.05) is 12.1 Å². The topological polar surface area (TPSA) is 38.0 Å². The van der Waals surface area contributed by atoms with Gasteiger partial charge in [-0.05, 0) is 35.2 Å². The van der Waals surface area contributed by atoms with Crippen LogP contribution in [0.1, 0.15) is 42.5 Å². The minimum absolute atomic E-state index is 0.274. The lowest BCUT2D eigenvalue weighted by molar-refractivity contribution is 0.559. The van der Waals surface area contributed by atoms with Crippen LogP contribution in [-0.4, -0.2) is 0 Å². The third kappa shape index (κ3) is 3.26. The van der Waals surface area contributed by atoms with Crippen molar-refractivity contribution in [2.75, 3.05) is 0 Å². The minimum atomic E-state index is -0.367. The summed E-state index contributed by atoms with van der Waals surface area (Å²) in [4.78, 5) is 0. The molecule has 106 valence electrons. The molecule has 2 nitrogen and oxygen atoms in total. The molecule has 2 rings (SSSR count). The van der Waals surface area contributed by atoms with E-state index in [4.69, 9.17) is 5.84 Å². The van der Waals surface area contributed by atoms with Gasteiger partial charge in [0.15, 0.2) is 0 Å². The van der Waals surface area contributed by atoms with Gasteiger partial charge >= 0.3 is 0 Å². The maximum absolute atomic E-state index is 14.0. The van der Waals surface area contributed by atoms with Gasteiger partial charge in [-0.15, -0.1) is 0 Å². The summed E-state index contributed by atoms with van der Waals surface area (Å²) in [6, 6.07) is 12.6. The summed E-state index contributed by atoms with van der Waals surface area (Å²) < 4.78 is 14.8. The van der Waals surface area contributed by atoms with Gasteiger partial charge in [-0.25, -0.2) is 9.82 Å². The molecule has 0 spiro atoms. The SMILES string of the molecule is CC(C)c1ccc(C(NN)c2cc(Br)ccc2F)cc1.